The van der Waals surface area contributed by atoms with Gasteiger partial charge >= 0.3 is 6.29 Å². The highest BCUT2D eigenvalue weighted by atomic mass is 19.3. The molecule has 1 aromatic heterocycles. The molecule has 0 saturated carbocycles. The molecule has 33 heavy (non-hydrogen) atoms. The highest BCUT2D eigenvalue weighted by Gasteiger charge is 2.43. The average Bonchev–Trinajstić information content (AvgIpc) is 3.11. The topological polar surface area (TPSA) is 102 Å². The Morgan fingerprint density at radius 3 is 2.64 bits per heavy atom. The van der Waals surface area contributed by atoms with E-state index in [0.29, 0.717) is 23.5 Å². The molecule has 0 saturated heterocycles. The standard InChI is InChI=1S/C23H20F2N4O4/c1-26-21(30)12-16-10-14(8-9-27-16)13-28-18-5-3-2-4-17(18)22(31)29-15-6-7-19-20(11-15)33-23(24,25)32-19/h2-11,28H,12-13H2,1H3,(H,26,30)(H,29,31). The van der Waals surface area contributed by atoms with Gasteiger partial charge in [0.25, 0.3) is 5.91 Å². The maximum atomic E-state index is 13.2. The lowest BCUT2D eigenvalue weighted by Crippen LogP contribution is -2.25. The molecule has 10 heteroatoms. The van der Waals surface area contributed by atoms with Crippen molar-refractivity contribution in [1.29, 1.82) is 0 Å². The number of hydrogen-bond donors (Lipinski definition) is 3. The average molecular weight is 454 g/mol. The van der Waals surface area contributed by atoms with Crippen molar-refractivity contribution in [1.82, 2.24) is 10.3 Å². The molecule has 2 heterocycles. The van der Waals surface area contributed by atoms with Crippen LogP contribution < -0.4 is 25.4 Å². The molecule has 0 fully saturated rings. The van der Waals surface area contributed by atoms with Crippen molar-refractivity contribution in [2.24, 2.45) is 0 Å². The lowest BCUT2D eigenvalue weighted by Gasteiger charge is -2.13. The number of hydrogen-bond acceptors (Lipinski definition) is 6. The van der Waals surface area contributed by atoms with Gasteiger partial charge in [0.05, 0.1) is 12.0 Å². The fourth-order valence-electron chi connectivity index (χ4n) is 3.25. The first-order valence-electron chi connectivity index (χ1n) is 10.0. The zero-order valence-electron chi connectivity index (χ0n) is 17.5. The molecular formula is C23H20F2N4O4. The van der Waals surface area contributed by atoms with Gasteiger partial charge in [0.1, 0.15) is 0 Å². The lowest BCUT2D eigenvalue weighted by molar-refractivity contribution is -0.286. The van der Waals surface area contributed by atoms with E-state index in [0.717, 1.165) is 5.56 Å². The molecule has 0 atom stereocenters. The molecule has 1 aliphatic heterocycles. The largest absolute Gasteiger partial charge is 0.586 e. The Balaban J connectivity index is 1.44. The predicted octanol–water partition coefficient (Wildman–Crippen LogP) is 3.56. The minimum absolute atomic E-state index is 0.104. The number of amides is 2. The van der Waals surface area contributed by atoms with Gasteiger partial charge in [-0.1, -0.05) is 12.1 Å². The molecule has 0 unspecified atom stereocenters. The molecular weight excluding hydrogens is 434 g/mol. The number of likely N-dealkylation sites (N-methyl/N-ethyl adjacent to an activating group) is 1. The number of carbonyl (C=O) groups excluding carboxylic acids is 2. The molecule has 0 bridgehead atoms. The molecule has 4 rings (SSSR count). The molecule has 3 N–H and O–H groups in total. The van der Waals surface area contributed by atoms with Gasteiger partial charge in [-0.25, -0.2) is 0 Å². The highest BCUT2D eigenvalue weighted by molar-refractivity contribution is 6.08. The summed E-state index contributed by atoms with van der Waals surface area (Å²) in [4.78, 5) is 28.6. The van der Waals surface area contributed by atoms with Crippen LogP contribution in [0.15, 0.2) is 60.8 Å². The maximum Gasteiger partial charge on any atom is 0.586 e. The molecule has 0 radical (unpaired) electrons. The number of carbonyl (C=O) groups is 2. The Morgan fingerprint density at radius 2 is 1.82 bits per heavy atom. The van der Waals surface area contributed by atoms with Crippen molar-refractivity contribution in [2.45, 2.75) is 19.3 Å². The van der Waals surface area contributed by atoms with Crippen molar-refractivity contribution >= 4 is 23.2 Å². The Morgan fingerprint density at radius 1 is 1.03 bits per heavy atom. The van der Waals surface area contributed by atoms with E-state index < -0.39 is 12.2 Å². The summed E-state index contributed by atoms with van der Waals surface area (Å²) in [6.07, 6.45) is -1.93. The number of ether oxygens (including phenoxy) is 2. The minimum Gasteiger partial charge on any atom is -0.395 e. The van der Waals surface area contributed by atoms with Gasteiger partial charge in [0.15, 0.2) is 11.5 Å². The SMILES string of the molecule is CNC(=O)Cc1cc(CNc2ccccc2C(=O)Nc2ccc3c(c2)OC(F)(F)O3)ccn1. The summed E-state index contributed by atoms with van der Waals surface area (Å²) >= 11 is 0. The fourth-order valence-corrected chi connectivity index (χ4v) is 3.25. The van der Waals surface area contributed by atoms with Gasteiger partial charge < -0.3 is 25.4 Å². The van der Waals surface area contributed by atoms with E-state index in [1.54, 1.807) is 37.5 Å². The van der Waals surface area contributed by atoms with Crippen LogP contribution in [0.25, 0.3) is 0 Å². The molecule has 2 amide bonds. The summed E-state index contributed by atoms with van der Waals surface area (Å²) < 4.78 is 35.2. The van der Waals surface area contributed by atoms with Crippen LogP contribution in [0, 0.1) is 0 Å². The molecule has 0 spiro atoms. The second kappa shape index (κ2) is 9.11. The van der Waals surface area contributed by atoms with Crippen LogP contribution in [0.1, 0.15) is 21.6 Å². The Labute approximate surface area is 187 Å². The van der Waals surface area contributed by atoms with E-state index >= 15 is 0 Å². The normalized spacial score (nSPS) is 13.3. The third-order valence-electron chi connectivity index (χ3n) is 4.82. The predicted molar refractivity (Wildman–Crippen MR) is 116 cm³/mol. The van der Waals surface area contributed by atoms with Crippen LogP contribution >= 0.6 is 0 Å². The van der Waals surface area contributed by atoms with Crippen molar-refractivity contribution in [3.63, 3.8) is 0 Å². The maximum absolute atomic E-state index is 13.2. The number of aromatic nitrogens is 1. The van der Waals surface area contributed by atoms with Crippen molar-refractivity contribution in [3.05, 3.63) is 77.6 Å². The summed E-state index contributed by atoms with van der Waals surface area (Å²) in [6, 6.07) is 14.5. The first-order chi connectivity index (χ1) is 15.8. The quantitative estimate of drug-likeness (QED) is 0.505. The van der Waals surface area contributed by atoms with Gasteiger partial charge in [0, 0.05) is 42.9 Å². The van der Waals surface area contributed by atoms with Crippen LogP contribution in [0.3, 0.4) is 0 Å². The smallest absolute Gasteiger partial charge is 0.395 e. The molecule has 3 aromatic rings. The second-order valence-electron chi connectivity index (χ2n) is 7.19. The number of para-hydroxylation sites is 1. The van der Waals surface area contributed by atoms with Gasteiger partial charge in [0.2, 0.25) is 5.91 Å². The van der Waals surface area contributed by atoms with Gasteiger partial charge in [-0.3, -0.25) is 14.6 Å². The van der Waals surface area contributed by atoms with E-state index in [9.17, 15) is 18.4 Å². The van der Waals surface area contributed by atoms with Gasteiger partial charge in [-0.05, 0) is 42.0 Å². The molecule has 0 aliphatic carbocycles. The van der Waals surface area contributed by atoms with Gasteiger partial charge in [-0.2, -0.15) is 0 Å². The number of nitrogens with zero attached hydrogens (tertiary/aromatic N) is 1. The number of alkyl halides is 2. The first kappa shape index (κ1) is 22.0. The van der Waals surface area contributed by atoms with E-state index in [1.807, 2.05) is 12.1 Å². The highest BCUT2D eigenvalue weighted by Crippen LogP contribution is 2.42. The lowest BCUT2D eigenvalue weighted by atomic mass is 10.1. The number of fused-ring (bicyclic) bond motifs is 1. The Kier molecular flexibility index (Phi) is 6.07. The summed E-state index contributed by atoms with van der Waals surface area (Å²) in [5.74, 6) is -0.830. The van der Waals surface area contributed by atoms with E-state index in [1.165, 1.54) is 18.2 Å². The van der Waals surface area contributed by atoms with Crippen LogP contribution in [0.5, 0.6) is 11.5 Å². The summed E-state index contributed by atoms with van der Waals surface area (Å²) in [5, 5.41) is 8.44. The molecule has 2 aromatic carbocycles. The number of halogens is 2. The third kappa shape index (κ3) is 5.35. The fraction of sp³-hybridized carbons (Fsp3) is 0.174. The Hall–Kier alpha value is -4.21. The van der Waals surface area contributed by atoms with E-state index in [-0.39, 0.29) is 29.5 Å². The van der Waals surface area contributed by atoms with Gasteiger partial charge in [-0.15, -0.1) is 8.78 Å². The summed E-state index contributed by atoms with van der Waals surface area (Å²) in [5.41, 5.74) is 2.73. The van der Waals surface area contributed by atoms with Crippen LogP contribution in [-0.4, -0.2) is 30.1 Å². The van der Waals surface area contributed by atoms with Crippen LogP contribution in [0.4, 0.5) is 20.2 Å². The first-order valence-corrected chi connectivity index (χ1v) is 10.0. The summed E-state index contributed by atoms with van der Waals surface area (Å²) in [7, 11) is 1.56. The number of nitrogens with one attached hydrogen (secondary N) is 3. The molecule has 170 valence electrons. The van der Waals surface area contributed by atoms with Crippen molar-refractivity contribution in [3.8, 4) is 11.5 Å². The minimum atomic E-state index is -3.73. The number of pyridine rings is 1. The zero-order valence-corrected chi connectivity index (χ0v) is 17.5. The molecule has 1 aliphatic rings. The van der Waals surface area contributed by atoms with Crippen molar-refractivity contribution < 1.29 is 27.8 Å². The Bertz CT molecular complexity index is 1200. The zero-order chi connectivity index (χ0) is 23.4. The number of rotatable bonds is 7. The number of anilines is 2. The second-order valence-corrected chi connectivity index (χ2v) is 7.19. The monoisotopic (exact) mass is 454 g/mol. The third-order valence-corrected chi connectivity index (χ3v) is 4.82. The van der Waals surface area contributed by atoms with Crippen LogP contribution in [0.2, 0.25) is 0 Å². The van der Waals surface area contributed by atoms with E-state index in [2.05, 4.69) is 30.4 Å². The number of benzene rings is 2. The van der Waals surface area contributed by atoms with Crippen LogP contribution in [-0.2, 0) is 17.8 Å². The van der Waals surface area contributed by atoms with Crippen molar-refractivity contribution in [2.75, 3.05) is 17.7 Å². The summed E-state index contributed by atoms with van der Waals surface area (Å²) in [6.45, 7) is 0.396. The van der Waals surface area contributed by atoms with E-state index in [4.69, 9.17) is 0 Å². The molecule has 8 nitrogen and oxygen atoms in total.